The predicted octanol–water partition coefficient (Wildman–Crippen LogP) is 4.29. The average molecular weight is 566 g/mol. The fraction of sp³-hybridized carbons (Fsp3) is 0.286. The highest BCUT2D eigenvalue weighted by molar-refractivity contribution is 7.90. The smallest absolute Gasteiger partial charge is 0.251 e. The molecule has 0 spiro atoms. The fourth-order valence-electron chi connectivity index (χ4n) is 4.61. The number of hydrogen-bond acceptors (Lipinski definition) is 8. The molecule has 5 rings (SSSR count). The van der Waals surface area contributed by atoms with Crippen molar-refractivity contribution in [3.8, 4) is 11.4 Å². The van der Waals surface area contributed by atoms with Crippen LogP contribution < -0.4 is 10.2 Å². The number of aromatic nitrogens is 3. The molecule has 4 heterocycles. The first-order valence-electron chi connectivity index (χ1n) is 12.5. The molecule has 11 heteroatoms. The summed E-state index contributed by atoms with van der Waals surface area (Å²) in [6.07, 6.45) is 3.01. The van der Waals surface area contributed by atoms with Gasteiger partial charge in [0.25, 0.3) is 5.91 Å². The summed E-state index contributed by atoms with van der Waals surface area (Å²) in [7, 11) is -3.57. The molecule has 0 radical (unpaired) electrons. The summed E-state index contributed by atoms with van der Waals surface area (Å²) in [5.74, 6) is 0.448. The Bertz CT molecular complexity index is 1650. The maximum atomic E-state index is 12.7. The summed E-state index contributed by atoms with van der Waals surface area (Å²) in [6.45, 7) is 5.82. The van der Waals surface area contributed by atoms with Crippen molar-refractivity contribution in [1.82, 2.24) is 20.3 Å². The van der Waals surface area contributed by atoms with E-state index in [0.29, 0.717) is 5.69 Å². The van der Waals surface area contributed by atoms with Gasteiger partial charge in [-0.25, -0.2) is 18.4 Å². The monoisotopic (exact) mass is 565 g/mol. The molecular formula is C28H28ClN5O4S. The Hall–Kier alpha value is -3.60. The van der Waals surface area contributed by atoms with Crippen molar-refractivity contribution >= 4 is 44.1 Å². The maximum absolute atomic E-state index is 12.7. The molecule has 1 N–H and O–H groups in total. The number of ether oxygens (including phenoxy) is 1. The minimum absolute atomic E-state index is 0.0706. The third-order valence-corrected chi connectivity index (χ3v) is 7.97. The van der Waals surface area contributed by atoms with Crippen LogP contribution in [0.1, 0.15) is 29.9 Å². The van der Waals surface area contributed by atoms with E-state index in [4.69, 9.17) is 26.3 Å². The van der Waals surface area contributed by atoms with Crippen LogP contribution in [0.25, 0.3) is 22.3 Å². The molecule has 4 aromatic rings. The molecule has 1 aliphatic rings. The zero-order valence-corrected chi connectivity index (χ0v) is 23.3. The molecular weight excluding hydrogens is 538 g/mol. The normalized spacial score (nSPS) is 17.8. The number of nitrogens with zero attached hydrogens (tertiary/aromatic N) is 4. The second-order valence-electron chi connectivity index (χ2n) is 9.71. The molecule has 9 nitrogen and oxygen atoms in total. The number of sulfone groups is 1. The van der Waals surface area contributed by atoms with Crippen LogP contribution in [-0.2, 0) is 21.1 Å². The lowest BCUT2D eigenvalue weighted by molar-refractivity contribution is -0.00545. The van der Waals surface area contributed by atoms with Gasteiger partial charge in [0.05, 0.1) is 51.3 Å². The van der Waals surface area contributed by atoms with Crippen LogP contribution in [0.5, 0.6) is 0 Å². The lowest BCUT2D eigenvalue weighted by Gasteiger charge is -2.36. The number of anilines is 1. The fourth-order valence-corrected chi connectivity index (χ4v) is 5.91. The number of carbonyl (C=O) groups is 1. The van der Waals surface area contributed by atoms with Gasteiger partial charge in [0.15, 0.2) is 9.84 Å². The van der Waals surface area contributed by atoms with Gasteiger partial charge in [-0.1, -0.05) is 17.7 Å². The SMILES string of the molecule is C[C@@H]1CN(c2cccc(-c3ccc4cnc(CNC(=O)c5ccc(Cl)c(S(C)(=O)=O)c5)cc4n3)n2)C[C@@H](C)O1. The van der Waals surface area contributed by atoms with E-state index in [0.717, 1.165) is 47.5 Å². The summed E-state index contributed by atoms with van der Waals surface area (Å²) in [6, 6.07) is 15.7. The lowest BCUT2D eigenvalue weighted by atomic mass is 10.1. The number of amides is 1. The zero-order chi connectivity index (χ0) is 27.7. The Labute approximate surface area is 232 Å². The minimum Gasteiger partial charge on any atom is -0.372 e. The number of hydrogen-bond donors (Lipinski definition) is 1. The van der Waals surface area contributed by atoms with Gasteiger partial charge in [-0.3, -0.25) is 9.78 Å². The standard InChI is InChI=1S/C28H28ClN5O4S/c1-17-15-34(16-18(2)38-17)27-6-4-5-23(33-27)24-10-8-20-13-30-21(12-25(20)32-24)14-31-28(35)19-7-9-22(29)26(11-19)39(3,36)37/h4-13,17-18H,14-16H2,1-3H3,(H,31,35)/t17-,18-/m1/s1. The predicted molar refractivity (Wildman–Crippen MR) is 151 cm³/mol. The van der Waals surface area contributed by atoms with E-state index in [9.17, 15) is 13.2 Å². The van der Waals surface area contributed by atoms with Crippen LogP contribution >= 0.6 is 11.6 Å². The van der Waals surface area contributed by atoms with Gasteiger partial charge < -0.3 is 15.0 Å². The summed E-state index contributed by atoms with van der Waals surface area (Å²) < 4.78 is 29.7. The highest BCUT2D eigenvalue weighted by Gasteiger charge is 2.23. The van der Waals surface area contributed by atoms with Crippen LogP contribution in [-0.4, -0.2) is 60.8 Å². The van der Waals surface area contributed by atoms with Gasteiger partial charge in [-0.2, -0.15) is 0 Å². The Morgan fingerprint density at radius 3 is 2.54 bits per heavy atom. The second kappa shape index (κ2) is 10.9. The first-order chi connectivity index (χ1) is 18.6. The molecule has 1 saturated heterocycles. The topological polar surface area (TPSA) is 114 Å². The molecule has 3 aromatic heterocycles. The summed E-state index contributed by atoms with van der Waals surface area (Å²) in [5, 5.41) is 3.71. The van der Waals surface area contributed by atoms with Gasteiger partial charge >= 0.3 is 0 Å². The Kier molecular flexibility index (Phi) is 7.53. The van der Waals surface area contributed by atoms with Gasteiger partial charge in [0, 0.05) is 36.5 Å². The van der Waals surface area contributed by atoms with Crippen molar-refractivity contribution in [3.63, 3.8) is 0 Å². The van der Waals surface area contributed by atoms with Gasteiger partial charge in [0.1, 0.15) is 5.82 Å². The number of halogens is 1. The largest absolute Gasteiger partial charge is 0.372 e. The van der Waals surface area contributed by atoms with Crippen molar-refractivity contribution in [2.45, 2.75) is 37.5 Å². The Morgan fingerprint density at radius 1 is 1.05 bits per heavy atom. The Balaban J connectivity index is 1.34. The molecule has 1 fully saturated rings. The highest BCUT2D eigenvalue weighted by atomic mass is 35.5. The van der Waals surface area contributed by atoms with Gasteiger partial charge in [0.2, 0.25) is 0 Å². The third-order valence-electron chi connectivity index (χ3n) is 6.39. The van der Waals surface area contributed by atoms with Crippen LogP contribution in [0.15, 0.2) is 65.7 Å². The van der Waals surface area contributed by atoms with E-state index in [-0.39, 0.29) is 34.2 Å². The number of fused-ring (bicyclic) bond motifs is 1. The molecule has 1 aliphatic heterocycles. The van der Waals surface area contributed by atoms with Crippen LogP contribution in [0.4, 0.5) is 5.82 Å². The first-order valence-corrected chi connectivity index (χ1v) is 14.7. The lowest BCUT2D eigenvalue weighted by Crippen LogP contribution is -2.45. The summed E-state index contributed by atoms with van der Waals surface area (Å²) in [5.41, 5.74) is 3.01. The Morgan fingerprint density at radius 2 is 1.79 bits per heavy atom. The van der Waals surface area contributed by atoms with E-state index in [2.05, 4.69) is 29.0 Å². The van der Waals surface area contributed by atoms with Crippen molar-refractivity contribution in [2.75, 3.05) is 24.2 Å². The molecule has 1 aromatic carbocycles. The van der Waals surface area contributed by atoms with E-state index < -0.39 is 15.7 Å². The number of morpholine rings is 1. The highest BCUT2D eigenvalue weighted by Crippen LogP contribution is 2.25. The van der Waals surface area contributed by atoms with Crippen LogP contribution in [0.3, 0.4) is 0 Å². The van der Waals surface area contributed by atoms with Crippen LogP contribution in [0.2, 0.25) is 5.02 Å². The molecule has 0 unspecified atom stereocenters. The molecule has 202 valence electrons. The molecule has 0 saturated carbocycles. The second-order valence-corrected chi connectivity index (χ2v) is 12.1. The number of nitrogens with one attached hydrogen (secondary N) is 1. The van der Waals surface area contributed by atoms with E-state index in [1.54, 1.807) is 6.20 Å². The number of pyridine rings is 3. The van der Waals surface area contributed by atoms with Crippen molar-refractivity contribution in [1.29, 1.82) is 0 Å². The van der Waals surface area contributed by atoms with Gasteiger partial charge in [-0.05, 0) is 62.4 Å². The van der Waals surface area contributed by atoms with E-state index >= 15 is 0 Å². The minimum atomic E-state index is -3.57. The molecule has 0 bridgehead atoms. The quantitative estimate of drug-likeness (QED) is 0.368. The van der Waals surface area contributed by atoms with Crippen LogP contribution in [0, 0.1) is 0 Å². The summed E-state index contributed by atoms with van der Waals surface area (Å²) >= 11 is 5.99. The van der Waals surface area contributed by atoms with Crippen molar-refractivity contribution in [2.24, 2.45) is 0 Å². The average Bonchev–Trinajstić information content (AvgIpc) is 2.90. The number of carbonyl (C=O) groups excluding carboxylic acids is 1. The maximum Gasteiger partial charge on any atom is 0.251 e. The van der Waals surface area contributed by atoms with Gasteiger partial charge in [-0.15, -0.1) is 0 Å². The van der Waals surface area contributed by atoms with E-state index in [1.807, 2.05) is 36.4 Å². The van der Waals surface area contributed by atoms with E-state index in [1.165, 1.54) is 18.2 Å². The molecule has 1 amide bonds. The third kappa shape index (κ3) is 6.19. The molecule has 39 heavy (non-hydrogen) atoms. The number of benzene rings is 1. The summed E-state index contributed by atoms with van der Waals surface area (Å²) in [4.78, 5) is 29.0. The van der Waals surface area contributed by atoms with Crippen molar-refractivity contribution < 1.29 is 17.9 Å². The first kappa shape index (κ1) is 27.0. The zero-order valence-electron chi connectivity index (χ0n) is 21.8. The number of rotatable bonds is 6. The van der Waals surface area contributed by atoms with Crippen molar-refractivity contribution in [3.05, 3.63) is 77.1 Å². The molecule has 2 atom stereocenters. The molecule has 0 aliphatic carbocycles.